The lowest BCUT2D eigenvalue weighted by Crippen LogP contribution is -2.63. The maximum absolute atomic E-state index is 12.5. The number of hydrogen-bond acceptors (Lipinski definition) is 1. The fourth-order valence-corrected chi connectivity index (χ4v) is 9.49. The number of fused-ring (bicyclic) bond motifs is 5. The first-order valence-electron chi connectivity index (χ1n) is 13.3. The number of piperidine rings is 1. The Kier molecular flexibility index (Phi) is 6.12. The lowest BCUT2D eigenvalue weighted by atomic mass is 9.44. The van der Waals surface area contributed by atoms with Crippen LogP contribution in [-0.4, -0.2) is 23.9 Å². The molecule has 0 N–H and O–H groups in total. The zero-order valence-electron chi connectivity index (χ0n) is 21.0. The summed E-state index contributed by atoms with van der Waals surface area (Å²) in [5.41, 5.74) is 0.911. The van der Waals surface area contributed by atoms with Gasteiger partial charge in [-0.15, -0.1) is 0 Å². The molecule has 1 saturated heterocycles. The van der Waals surface area contributed by atoms with Crippen molar-refractivity contribution in [3.05, 3.63) is 0 Å². The summed E-state index contributed by atoms with van der Waals surface area (Å²) in [6.07, 6.45) is 13.2. The second-order valence-corrected chi connectivity index (χ2v) is 13.1. The molecule has 0 aromatic heterocycles. The molecule has 0 spiro atoms. The molecule has 1 aliphatic heterocycles. The van der Waals surface area contributed by atoms with Crippen LogP contribution in [0.2, 0.25) is 0 Å². The van der Waals surface area contributed by atoms with Crippen molar-refractivity contribution in [2.75, 3.05) is 7.05 Å². The van der Waals surface area contributed by atoms with Crippen molar-refractivity contribution in [3.63, 3.8) is 0 Å². The molecular formula is C28H49NO. The number of hydrogen-bond donors (Lipinski definition) is 0. The van der Waals surface area contributed by atoms with Crippen LogP contribution in [-0.2, 0) is 4.79 Å². The summed E-state index contributed by atoms with van der Waals surface area (Å²) >= 11 is 0. The maximum Gasteiger partial charge on any atom is 0.222 e. The number of carbonyl (C=O) groups excluding carboxylic acids is 1. The van der Waals surface area contributed by atoms with E-state index >= 15 is 0 Å². The first-order chi connectivity index (χ1) is 14.1. The van der Waals surface area contributed by atoms with Crippen LogP contribution in [0.25, 0.3) is 0 Å². The molecule has 3 aliphatic carbocycles. The standard InChI is InChI=1S/C28H49NO/c1-18(2)9-8-10-19(3)21-11-12-22-26-20(4)17-24-28(6,16-14-25(30)29(24)7)23(26)13-15-27(21,22)5/h18-24,26H,8-17H2,1-7H3/t19-,20?,21?,22?,23?,24?,26?,27-,28-/m1/s1. The van der Waals surface area contributed by atoms with Gasteiger partial charge in [0.05, 0.1) is 0 Å². The SMILES string of the molecule is CC(C)CCC[C@@H](C)C1CCC2C3C(C)CC4N(C)C(=O)CC[C@]4(C)C3CC[C@@]21C. The molecule has 2 nitrogen and oxygen atoms in total. The molecule has 2 heteroatoms. The molecule has 4 fully saturated rings. The van der Waals surface area contributed by atoms with E-state index in [0.717, 1.165) is 54.3 Å². The minimum absolute atomic E-state index is 0.349. The topological polar surface area (TPSA) is 20.3 Å². The average Bonchev–Trinajstić information content (AvgIpc) is 3.03. The molecule has 172 valence electrons. The Labute approximate surface area is 186 Å². The predicted molar refractivity (Wildman–Crippen MR) is 126 cm³/mol. The van der Waals surface area contributed by atoms with Gasteiger partial charge in [-0.25, -0.2) is 0 Å². The Morgan fingerprint density at radius 2 is 1.70 bits per heavy atom. The van der Waals surface area contributed by atoms with Crippen molar-refractivity contribution < 1.29 is 4.79 Å². The van der Waals surface area contributed by atoms with Crippen LogP contribution in [0.5, 0.6) is 0 Å². The smallest absolute Gasteiger partial charge is 0.222 e. The predicted octanol–water partition coefficient (Wildman–Crippen LogP) is 7.17. The van der Waals surface area contributed by atoms with Crippen LogP contribution in [0, 0.1) is 52.3 Å². The Morgan fingerprint density at radius 3 is 2.40 bits per heavy atom. The highest BCUT2D eigenvalue weighted by Crippen LogP contribution is 2.68. The molecule has 30 heavy (non-hydrogen) atoms. The summed E-state index contributed by atoms with van der Waals surface area (Å²) in [5, 5.41) is 0. The first kappa shape index (κ1) is 22.7. The third-order valence-corrected chi connectivity index (χ3v) is 11.1. The molecule has 0 radical (unpaired) electrons. The van der Waals surface area contributed by atoms with E-state index in [0.29, 0.717) is 22.8 Å². The summed E-state index contributed by atoms with van der Waals surface area (Å²) < 4.78 is 0. The van der Waals surface area contributed by atoms with E-state index in [1.807, 2.05) is 0 Å². The number of carbonyl (C=O) groups is 1. The zero-order valence-corrected chi connectivity index (χ0v) is 21.0. The molecule has 1 heterocycles. The van der Waals surface area contributed by atoms with Gasteiger partial charge in [0.15, 0.2) is 0 Å². The van der Waals surface area contributed by atoms with Gasteiger partial charge >= 0.3 is 0 Å². The van der Waals surface area contributed by atoms with Crippen molar-refractivity contribution in [3.8, 4) is 0 Å². The van der Waals surface area contributed by atoms with Crippen molar-refractivity contribution in [1.29, 1.82) is 0 Å². The van der Waals surface area contributed by atoms with Crippen LogP contribution < -0.4 is 0 Å². The number of nitrogens with zero attached hydrogens (tertiary/aromatic N) is 1. The van der Waals surface area contributed by atoms with Crippen LogP contribution >= 0.6 is 0 Å². The number of likely N-dealkylation sites (tertiary alicyclic amines) is 1. The van der Waals surface area contributed by atoms with Crippen LogP contribution in [0.3, 0.4) is 0 Å². The normalized spacial score (nSPS) is 47.1. The Balaban J connectivity index is 1.53. The van der Waals surface area contributed by atoms with E-state index in [1.54, 1.807) is 0 Å². The average molecular weight is 416 g/mol. The summed E-state index contributed by atoms with van der Waals surface area (Å²) in [5.74, 6) is 6.46. The van der Waals surface area contributed by atoms with Crippen molar-refractivity contribution >= 4 is 5.91 Å². The van der Waals surface area contributed by atoms with Gasteiger partial charge in [0.2, 0.25) is 5.91 Å². The lowest BCUT2D eigenvalue weighted by Gasteiger charge is -2.64. The maximum atomic E-state index is 12.5. The molecule has 3 saturated carbocycles. The third-order valence-electron chi connectivity index (χ3n) is 11.1. The van der Waals surface area contributed by atoms with E-state index < -0.39 is 0 Å². The summed E-state index contributed by atoms with van der Waals surface area (Å²) in [7, 11) is 2.09. The highest BCUT2D eigenvalue weighted by Gasteiger charge is 2.63. The first-order valence-corrected chi connectivity index (χ1v) is 13.3. The second-order valence-electron chi connectivity index (χ2n) is 13.1. The molecule has 0 aromatic rings. The number of amides is 1. The van der Waals surface area contributed by atoms with Crippen molar-refractivity contribution in [2.24, 2.45) is 52.3 Å². The van der Waals surface area contributed by atoms with Gasteiger partial charge in [-0.1, -0.05) is 60.8 Å². The third kappa shape index (κ3) is 3.47. The highest BCUT2D eigenvalue weighted by molar-refractivity contribution is 5.77. The van der Waals surface area contributed by atoms with Crippen LogP contribution in [0.4, 0.5) is 0 Å². The molecule has 4 rings (SSSR count). The summed E-state index contributed by atoms with van der Waals surface area (Å²) in [6.45, 7) is 15.1. The largest absolute Gasteiger partial charge is 0.342 e. The Hall–Kier alpha value is -0.530. The fourth-order valence-electron chi connectivity index (χ4n) is 9.49. The van der Waals surface area contributed by atoms with E-state index in [2.05, 4.69) is 53.5 Å². The van der Waals surface area contributed by atoms with Crippen LogP contribution in [0.1, 0.15) is 106 Å². The zero-order chi connectivity index (χ0) is 21.8. The minimum atomic E-state index is 0.349. The van der Waals surface area contributed by atoms with Gasteiger partial charge in [-0.2, -0.15) is 0 Å². The highest BCUT2D eigenvalue weighted by atomic mass is 16.2. The van der Waals surface area contributed by atoms with E-state index in [1.165, 1.54) is 51.4 Å². The fraction of sp³-hybridized carbons (Fsp3) is 0.964. The summed E-state index contributed by atoms with van der Waals surface area (Å²) in [4.78, 5) is 14.6. The monoisotopic (exact) mass is 415 g/mol. The van der Waals surface area contributed by atoms with E-state index in [-0.39, 0.29) is 0 Å². The molecular weight excluding hydrogens is 366 g/mol. The van der Waals surface area contributed by atoms with Gasteiger partial charge in [0.1, 0.15) is 0 Å². The van der Waals surface area contributed by atoms with Gasteiger partial charge < -0.3 is 4.90 Å². The van der Waals surface area contributed by atoms with Gasteiger partial charge in [-0.05, 0) is 90.8 Å². The number of rotatable bonds is 5. The van der Waals surface area contributed by atoms with Gasteiger partial charge in [-0.3, -0.25) is 4.79 Å². The van der Waals surface area contributed by atoms with E-state index in [4.69, 9.17) is 0 Å². The van der Waals surface area contributed by atoms with Gasteiger partial charge in [0, 0.05) is 19.5 Å². The van der Waals surface area contributed by atoms with Crippen molar-refractivity contribution in [1.82, 2.24) is 4.90 Å². The summed E-state index contributed by atoms with van der Waals surface area (Å²) in [6, 6.07) is 0.478. The lowest BCUT2D eigenvalue weighted by molar-refractivity contribution is -0.167. The van der Waals surface area contributed by atoms with Crippen LogP contribution in [0.15, 0.2) is 0 Å². The second kappa shape index (κ2) is 8.11. The van der Waals surface area contributed by atoms with Gasteiger partial charge in [0.25, 0.3) is 0 Å². The molecule has 9 atom stereocenters. The molecule has 0 aromatic carbocycles. The molecule has 6 unspecified atom stereocenters. The molecule has 1 amide bonds. The molecule has 0 bridgehead atoms. The van der Waals surface area contributed by atoms with E-state index in [9.17, 15) is 4.79 Å². The minimum Gasteiger partial charge on any atom is -0.342 e. The van der Waals surface area contributed by atoms with Crippen molar-refractivity contribution in [2.45, 2.75) is 112 Å². The quantitative estimate of drug-likeness (QED) is 0.466. The Bertz CT molecular complexity index is 643. The molecule has 4 aliphatic rings. The Morgan fingerprint density at radius 1 is 1.00 bits per heavy atom.